The number of amidine groups is 1. The van der Waals surface area contributed by atoms with Crippen LogP contribution in [0.4, 0.5) is 0 Å². The first-order valence-corrected chi connectivity index (χ1v) is 3.84. The third kappa shape index (κ3) is 5.94. The van der Waals surface area contributed by atoms with Gasteiger partial charge in [0.2, 0.25) is 0 Å². The van der Waals surface area contributed by atoms with E-state index >= 15 is 0 Å². The fraction of sp³-hybridized carbons (Fsp3) is 0.857. The molecule has 0 atom stereocenters. The third-order valence-electron chi connectivity index (χ3n) is 1.56. The van der Waals surface area contributed by atoms with Gasteiger partial charge in [0.15, 0.2) is 0 Å². The molecule has 12 heavy (non-hydrogen) atoms. The van der Waals surface area contributed by atoms with Crippen LogP contribution in [0.15, 0.2) is 5.16 Å². The van der Waals surface area contributed by atoms with Crippen LogP contribution < -0.4 is 5.73 Å². The Morgan fingerprint density at radius 3 is 2.75 bits per heavy atom. The normalized spacial score (nSPS) is 12.4. The zero-order chi connectivity index (χ0) is 9.40. The van der Waals surface area contributed by atoms with E-state index in [0.29, 0.717) is 13.0 Å². The largest absolute Gasteiger partial charge is 0.409 e. The molecule has 0 unspecified atom stereocenters. The second-order valence-electron chi connectivity index (χ2n) is 2.64. The van der Waals surface area contributed by atoms with Gasteiger partial charge in [0.25, 0.3) is 0 Å². The monoisotopic (exact) mass is 175 g/mol. The smallest absolute Gasteiger partial charge is 0.140 e. The summed E-state index contributed by atoms with van der Waals surface area (Å²) >= 11 is 0. The van der Waals surface area contributed by atoms with Crippen molar-refractivity contribution < 1.29 is 9.94 Å². The molecule has 0 spiro atoms. The molecule has 3 N–H and O–H groups in total. The van der Waals surface area contributed by atoms with Gasteiger partial charge >= 0.3 is 0 Å². The maximum atomic E-state index is 8.24. The minimum atomic E-state index is 0.263. The summed E-state index contributed by atoms with van der Waals surface area (Å²) in [6.45, 7) is 2.33. The van der Waals surface area contributed by atoms with Crippen molar-refractivity contribution in [3.8, 4) is 0 Å². The first-order chi connectivity index (χ1) is 5.70. The van der Waals surface area contributed by atoms with Gasteiger partial charge in [-0.15, -0.1) is 0 Å². The van der Waals surface area contributed by atoms with Crippen LogP contribution in [0.1, 0.15) is 6.42 Å². The molecule has 0 aliphatic rings. The second-order valence-corrected chi connectivity index (χ2v) is 2.64. The number of likely N-dealkylation sites (N-methyl/N-ethyl adjacent to an activating group) is 1. The summed E-state index contributed by atoms with van der Waals surface area (Å²) in [5, 5.41) is 11.1. The molecule has 0 aromatic carbocycles. The Balaban J connectivity index is 3.37. The van der Waals surface area contributed by atoms with E-state index in [2.05, 4.69) is 10.1 Å². The quantitative estimate of drug-likeness (QED) is 0.252. The molecule has 5 heteroatoms. The van der Waals surface area contributed by atoms with Crippen LogP contribution in [0.5, 0.6) is 0 Å². The lowest BCUT2D eigenvalue weighted by Crippen LogP contribution is -2.27. The molecule has 0 aliphatic carbocycles. The Kier molecular flexibility index (Phi) is 6.41. The van der Waals surface area contributed by atoms with Gasteiger partial charge in [0, 0.05) is 26.6 Å². The summed E-state index contributed by atoms with van der Waals surface area (Å²) in [5.41, 5.74) is 5.29. The average Bonchev–Trinajstić information content (AvgIpc) is 2.10. The molecule has 0 aromatic rings. The van der Waals surface area contributed by atoms with Crippen LogP contribution >= 0.6 is 0 Å². The number of oxime groups is 1. The van der Waals surface area contributed by atoms with E-state index in [9.17, 15) is 0 Å². The Bertz CT molecular complexity index is 139. The molecular weight excluding hydrogens is 158 g/mol. The molecule has 0 fully saturated rings. The molecule has 0 amide bonds. The van der Waals surface area contributed by atoms with Gasteiger partial charge in [-0.2, -0.15) is 0 Å². The van der Waals surface area contributed by atoms with Crippen molar-refractivity contribution in [3.63, 3.8) is 0 Å². The summed E-state index contributed by atoms with van der Waals surface area (Å²) in [6, 6.07) is 0. The fourth-order valence-corrected chi connectivity index (χ4v) is 0.714. The van der Waals surface area contributed by atoms with Crippen molar-refractivity contribution >= 4 is 5.84 Å². The molecule has 72 valence electrons. The van der Waals surface area contributed by atoms with Crippen molar-refractivity contribution in [1.82, 2.24) is 4.90 Å². The lowest BCUT2D eigenvalue weighted by atomic mass is 10.4. The minimum Gasteiger partial charge on any atom is -0.409 e. The van der Waals surface area contributed by atoms with Crippen LogP contribution in [0, 0.1) is 0 Å². The number of nitrogens with two attached hydrogens (primary N) is 1. The summed E-state index contributed by atoms with van der Waals surface area (Å²) in [6.07, 6.45) is 0.580. The zero-order valence-electron chi connectivity index (χ0n) is 7.66. The van der Waals surface area contributed by atoms with Gasteiger partial charge in [-0.1, -0.05) is 5.16 Å². The third-order valence-corrected chi connectivity index (χ3v) is 1.56. The highest BCUT2D eigenvalue weighted by Crippen LogP contribution is 1.87. The summed E-state index contributed by atoms with van der Waals surface area (Å²) in [5.74, 6) is 0.263. The van der Waals surface area contributed by atoms with Crippen LogP contribution in [-0.2, 0) is 4.74 Å². The van der Waals surface area contributed by atoms with Gasteiger partial charge in [0.1, 0.15) is 5.84 Å². The molecule has 0 saturated carbocycles. The van der Waals surface area contributed by atoms with Crippen molar-refractivity contribution in [2.45, 2.75) is 6.42 Å². The second kappa shape index (κ2) is 6.87. The maximum absolute atomic E-state index is 8.24. The van der Waals surface area contributed by atoms with Gasteiger partial charge in [-0.3, -0.25) is 0 Å². The number of hydrogen-bond donors (Lipinski definition) is 2. The first-order valence-electron chi connectivity index (χ1n) is 3.84. The first kappa shape index (κ1) is 11.2. The minimum absolute atomic E-state index is 0.263. The number of nitrogens with zero attached hydrogens (tertiary/aromatic N) is 2. The van der Waals surface area contributed by atoms with Gasteiger partial charge in [0.05, 0.1) is 6.61 Å². The Labute approximate surface area is 72.8 Å². The molecule has 0 aliphatic heterocycles. The standard InChI is InChI=1S/C7H17N3O2/c1-10(5-6-12-2)4-3-7(8)9-11/h11H,3-6H2,1-2H3,(H2,8,9). The summed E-state index contributed by atoms with van der Waals surface area (Å²) < 4.78 is 4.89. The van der Waals surface area contributed by atoms with E-state index in [-0.39, 0.29) is 5.84 Å². The van der Waals surface area contributed by atoms with E-state index in [4.69, 9.17) is 15.7 Å². The highest BCUT2D eigenvalue weighted by atomic mass is 16.5. The van der Waals surface area contributed by atoms with Crippen molar-refractivity contribution in [2.75, 3.05) is 33.9 Å². The summed E-state index contributed by atoms with van der Waals surface area (Å²) in [7, 11) is 3.63. The molecule has 0 radical (unpaired) electrons. The highest BCUT2D eigenvalue weighted by molar-refractivity contribution is 5.79. The van der Waals surface area contributed by atoms with Crippen molar-refractivity contribution in [3.05, 3.63) is 0 Å². The van der Waals surface area contributed by atoms with E-state index < -0.39 is 0 Å². The van der Waals surface area contributed by atoms with Crippen LogP contribution in [0.2, 0.25) is 0 Å². The Morgan fingerprint density at radius 1 is 1.58 bits per heavy atom. The van der Waals surface area contributed by atoms with Crippen molar-refractivity contribution in [1.29, 1.82) is 0 Å². The number of hydrogen-bond acceptors (Lipinski definition) is 4. The van der Waals surface area contributed by atoms with Gasteiger partial charge in [-0.05, 0) is 7.05 Å². The van der Waals surface area contributed by atoms with E-state index in [1.54, 1.807) is 7.11 Å². The summed E-state index contributed by atoms with van der Waals surface area (Å²) in [4.78, 5) is 2.06. The fourth-order valence-electron chi connectivity index (χ4n) is 0.714. The number of methoxy groups -OCH3 is 1. The van der Waals surface area contributed by atoms with Crippen LogP contribution in [0.3, 0.4) is 0 Å². The van der Waals surface area contributed by atoms with Gasteiger partial charge < -0.3 is 20.6 Å². The molecule has 0 bridgehead atoms. The SMILES string of the molecule is COCCN(C)CC/C(N)=N/O. The average molecular weight is 175 g/mol. The van der Waals surface area contributed by atoms with E-state index in [0.717, 1.165) is 13.1 Å². The number of rotatable bonds is 6. The van der Waals surface area contributed by atoms with Crippen LogP contribution in [0.25, 0.3) is 0 Å². The topological polar surface area (TPSA) is 71.1 Å². The van der Waals surface area contributed by atoms with Crippen molar-refractivity contribution in [2.24, 2.45) is 10.9 Å². The molecule has 0 heterocycles. The molecule has 0 aromatic heterocycles. The Morgan fingerprint density at radius 2 is 2.25 bits per heavy atom. The van der Waals surface area contributed by atoms with E-state index in [1.807, 2.05) is 7.05 Å². The lowest BCUT2D eigenvalue weighted by Gasteiger charge is -2.14. The maximum Gasteiger partial charge on any atom is 0.140 e. The number of ether oxygens (including phenoxy) is 1. The Hall–Kier alpha value is -0.810. The van der Waals surface area contributed by atoms with E-state index in [1.165, 1.54) is 0 Å². The predicted octanol–water partition coefficient (Wildman–Crippen LogP) is -0.299. The highest BCUT2D eigenvalue weighted by Gasteiger charge is 1.99. The molecule has 5 nitrogen and oxygen atoms in total. The molecular formula is C7H17N3O2. The van der Waals surface area contributed by atoms with Gasteiger partial charge in [-0.25, -0.2) is 0 Å². The van der Waals surface area contributed by atoms with Crippen LogP contribution in [-0.4, -0.2) is 49.8 Å². The molecule has 0 saturated heterocycles. The lowest BCUT2D eigenvalue weighted by molar-refractivity contribution is 0.162. The zero-order valence-corrected chi connectivity index (χ0v) is 7.66. The molecule has 0 rings (SSSR count). The predicted molar refractivity (Wildman–Crippen MR) is 47.4 cm³/mol.